The molecule has 0 radical (unpaired) electrons. The molecule has 1 aromatic rings. The maximum absolute atomic E-state index is 12.0. The molecular weight excluding hydrogens is 439 g/mol. The summed E-state index contributed by atoms with van der Waals surface area (Å²) < 4.78 is 4.64. The molecule has 0 aliphatic heterocycles. The number of imide groups is 1. The van der Waals surface area contributed by atoms with Crippen LogP contribution in [0.2, 0.25) is 10.0 Å². The lowest BCUT2D eigenvalue weighted by molar-refractivity contribution is -0.148. The summed E-state index contributed by atoms with van der Waals surface area (Å²) in [5.74, 6) is -2.76. The molecule has 30 heavy (non-hydrogen) atoms. The van der Waals surface area contributed by atoms with E-state index in [0.29, 0.717) is 11.6 Å². The maximum atomic E-state index is 12.0. The van der Waals surface area contributed by atoms with Crippen molar-refractivity contribution >= 4 is 52.9 Å². The van der Waals surface area contributed by atoms with Gasteiger partial charge in [-0.05, 0) is 24.1 Å². The van der Waals surface area contributed by atoms with Crippen LogP contribution in [0.4, 0.5) is 4.79 Å². The van der Waals surface area contributed by atoms with E-state index in [9.17, 15) is 24.0 Å². The molecule has 0 fully saturated rings. The van der Waals surface area contributed by atoms with Gasteiger partial charge < -0.3 is 20.7 Å². The number of urea groups is 1. The third-order valence-corrected chi connectivity index (χ3v) is 3.85. The van der Waals surface area contributed by atoms with Crippen LogP contribution in [0, 0.1) is 5.92 Å². The number of halogens is 2. The first kappa shape index (κ1) is 25.2. The van der Waals surface area contributed by atoms with Gasteiger partial charge in [0.1, 0.15) is 6.54 Å². The Morgan fingerprint density at radius 3 is 2.30 bits per heavy atom. The maximum Gasteiger partial charge on any atom is 0.325 e. The number of nitrogens with one attached hydrogen (secondary N) is 4. The Labute approximate surface area is 183 Å². The molecule has 1 aromatic carbocycles. The average Bonchev–Trinajstić information content (AvgIpc) is 2.67. The molecule has 5 amide bonds. The number of esters is 1. The van der Waals surface area contributed by atoms with Gasteiger partial charge in [-0.2, -0.15) is 0 Å². The van der Waals surface area contributed by atoms with Crippen molar-refractivity contribution in [2.45, 2.75) is 13.8 Å². The highest BCUT2D eigenvalue weighted by molar-refractivity contribution is 6.36. The Kier molecular flexibility index (Phi) is 10.6. The standard InChI is InChI=1S/C18H22Cl2N4O6/c1-10(2)6-23-18(29)24-15(26)9-30-16(27)8-21-14(25)7-22-17(28)12-4-3-11(19)5-13(12)20/h3-5,10H,6-9H2,1-2H3,(H,21,25)(H,22,28)(H2,23,24,26,29). The summed E-state index contributed by atoms with van der Waals surface area (Å²) in [6.45, 7) is 2.53. The monoisotopic (exact) mass is 460 g/mol. The molecule has 0 aliphatic carbocycles. The molecule has 0 saturated carbocycles. The van der Waals surface area contributed by atoms with Crippen LogP contribution in [0.15, 0.2) is 18.2 Å². The summed E-state index contributed by atoms with van der Waals surface area (Å²) in [5.41, 5.74) is 0.136. The van der Waals surface area contributed by atoms with E-state index < -0.39 is 49.4 Å². The minimum Gasteiger partial charge on any atom is -0.454 e. The number of carbonyl (C=O) groups excluding carboxylic acids is 5. The minimum absolute atomic E-state index is 0.125. The molecule has 0 aliphatic rings. The smallest absolute Gasteiger partial charge is 0.325 e. The predicted octanol–water partition coefficient (Wildman–Crippen LogP) is 0.864. The van der Waals surface area contributed by atoms with E-state index in [0.717, 1.165) is 0 Å². The van der Waals surface area contributed by atoms with Crippen molar-refractivity contribution in [3.8, 4) is 0 Å². The summed E-state index contributed by atoms with van der Waals surface area (Å²) in [4.78, 5) is 58.1. The van der Waals surface area contributed by atoms with Crippen molar-refractivity contribution in [3.05, 3.63) is 33.8 Å². The molecule has 4 N–H and O–H groups in total. The van der Waals surface area contributed by atoms with Crippen molar-refractivity contribution in [1.29, 1.82) is 0 Å². The van der Waals surface area contributed by atoms with Gasteiger partial charge in [0.15, 0.2) is 6.61 Å². The molecule has 0 unspecified atom stereocenters. The number of benzene rings is 1. The van der Waals surface area contributed by atoms with E-state index in [-0.39, 0.29) is 16.5 Å². The second kappa shape index (κ2) is 12.7. The van der Waals surface area contributed by atoms with Crippen molar-refractivity contribution in [2.75, 3.05) is 26.2 Å². The Balaban J connectivity index is 2.26. The Bertz CT molecular complexity index is 816. The Hall–Kier alpha value is -2.85. The molecule has 0 atom stereocenters. The average molecular weight is 461 g/mol. The third-order valence-electron chi connectivity index (χ3n) is 3.30. The lowest BCUT2D eigenvalue weighted by Gasteiger charge is -2.10. The molecule has 12 heteroatoms. The van der Waals surface area contributed by atoms with Crippen molar-refractivity contribution in [2.24, 2.45) is 5.92 Å². The summed E-state index contributed by atoms with van der Waals surface area (Å²) in [7, 11) is 0. The Morgan fingerprint density at radius 1 is 0.967 bits per heavy atom. The van der Waals surface area contributed by atoms with Crippen LogP contribution in [0.3, 0.4) is 0 Å². The number of rotatable bonds is 9. The first-order chi connectivity index (χ1) is 14.1. The fourth-order valence-corrected chi connectivity index (χ4v) is 2.36. The normalized spacial score (nSPS) is 10.2. The fraction of sp³-hybridized carbons (Fsp3) is 0.389. The highest BCUT2D eigenvalue weighted by Gasteiger charge is 2.14. The summed E-state index contributed by atoms with van der Waals surface area (Å²) >= 11 is 11.6. The molecule has 1 rings (SSSR count). The predicted molar refractivity (Wildman–Crippen MR) is 109 cm³/mol. The third kappa shape index (κ3) is 10.1. The topological polar surface area (TPSA) is 143 Å². The van der Waals surface area contributed by atoms with Gasteiger partial charge in [0, 0.05) is 11.6 Å². The van der Waals surface area contributed by atoms with Gasteiger partial charge in [0.05, 0.1) is 17.1 Å². The zero-order valence-electron chi connectivity index (χ0n) is 16.3. The molecule has 0 bridgehead atoms. The first-order valence-corrected chi connectivity index (χ1v) is 9.57. The van der Waals surface area contributed by atoms with Gasteiger partial charge in [-0.15, -0.1) is 0 Å². The van der Waals surface area contributed by atoms with Crippen LogP contribution in [0.25, 0.3) is 0 Å². The van der Waals surface area contributed by atoms with E-state index >= 15 is 0 Å². The number of amides is 5. The van der Waals surface area contributed by atoms with E-state index in [4.69, 9.17) is 23.2 Å². The summed E-state index contributed by atoms with van der Waals surface area (Å²) in [6, 6.07) is 3.57. The van der Waals surface area contributed by atoms with Crippen molar-refractivity contribution < 1.29 is 28.7 Å². The van der Waals surface area contributed by atoms with Gasteiger partial charge in [-0.1, -0.05) is 37.0 Å². The zero-order valence-corrected chi connectivity index (χ0v) is 17.9. The van der Waals surface area contributed by atoms with Crippen LogP contribution in [-0.2, 0) is 19.1 Å². The van der Waals surface area contributed by atoms with Crippen LogP contribution in [-0.4, -0.2) is 56.0 Å². The van der Waals surface area contributed by atoms with Crippen LogP contribution in [0.1, 0.15) is 24.2 Å². The minimum atomic E-state index is -0.895. The van der Waals surface area contributed by atoms with E-state index in [1.807, 2.05) is 19.2 Å². The van der Waals surface area contributed by atoms with Crippen molar-refractivity contribution in [1.82, 2.24) is 21.3 Å². The second-order valence-electron chi connectivity index (χ2n) is 6.40. The van der Waals surface area contributed by atoms with Gasteiger partial charge in [-0.25, -0.2) is 4.79 Å². The Morgan fingerprint density at radius 2 is 1.67 bits per heavy atom. The molecule has 0 spiro atoms. The van der Waals surface area contributed by atoms with Gasteiger partial charge in [-0.3, -0.25) is 24.5 Å². The van der Waals surface area contributed by atoms with E-state index in [1.54, 1.807) is 0 Å². The van der Waals surface area contributed by atoms with Gasteiger partial charge in [0.25, 0.3) is 11.8 Å². The van der Waals surface area contributed by atoms with Crippen LogP contribution < -0.4 is 21.3 Å². The number of hydrogen-bond donors (Lipinski definition) is 4. The molecular formula is C18H22Cl2N4O6. The molecule has 0 aromatic heterocycles. The van der Waals surface area contributed by atoms with Crippen LogP contribution >= 0.6 is 23.2 Å². The lowest BCUT2D eigenvalue weighted by Crippen LogP contribution is -2.43. The van der Waals surface area contributed by atoms with Crippen LogP contribution in [0.5, 0.6) is 0 Å². The first-order valence-electron chi connectivity index (χ1n) is 8.81. The molecule has 0 saturated heterocycles. The quantitative estimate of drug-likeness (QED) is 0.402. The van der Waals surface area contributed by atoms with E-state index in [1.165, 1.54) is 18.2 Å². The lowest BCUT2D eigenvalue weighted by atomic mass is 10.2. The van der Waals surface area contributed by atoms with Crippen molar-refractivity contribution in [3.63, 3.8) is 0 Å². The van der Waals surface area contributed by atoms with Gasteiger partial charge >= 0.3 is 12.0 Å². The number of ether oxygens (including phenoxy) is 1. The highest BCUT2D eigenvalue weighted by Crippen LogP contribution is 2.20. The van der Waals surface area contributed by atoms with E-state index in [2.05, 4.69) is 20.7 Å². The van der Waals surface area contributed by atoms with Gasteiger partial charge in [0.2, 0.25) is 5.91 Å². The molecule has 164 valence electrons. The number of carbonyl (C=O) groups is 5. The SMILES string of the molecule is CC(C)CNC(=O)NC(=O)COC(=O)CNC(=O)CNC(=O)c1ccc(Cl)cc1Cl. The second-order valence-corrected chi connectivity index (χ2v) is 7.24. The summed E-state index contributed by atoms with van der Waals surface area (Å²) in [5, 5.41) is 9.49. The number of hydrogen-bond acceptors (Lipinski definition) is 6. The fourth-order valence-electron chi connectivity index (χ4n) is 1.86. The largest absolute Gasteiger partial charge is 0.454 e. The summed E-state index contributed by atoms with van der Waals surface area (Å²) in [6.07, 6.45) is 0. The zero-order chi connectivity index (χ0) is 22.7. The molecule has 0 heterocycles. The molecule has 10 nitrogen and oxygen atoms in total. The highest BCUT2D eigenvalue weighted by atomic mass is 35.5.